The lowest BCUT2D eigenvalue weighted by atomic mass is 9.97. The Hall–Kier alpha value is -0.330. The van der Waals surface area contributed by atoms with Gasteiger partial charge in [0.05, 0.1) is 6.04 Å². The molecule has 2 aliphatic rings. The second kappa shape index (κ2) is 10.7. The summed E-state index contributed by atoms with van der Waals surface area (Å²) in [6, 6.07) is 4.84. The van der Waals surface area contributed by atoms with Gasteiger partial charge in [-0.15, -0.1) is 36.2 Å². The van der Waals surface area contributed by atoms with Gasteiger partial charge >= 0.3 is 0 Å². The van der Waals surface area contributed by atoms with E-state index in [1.54, 1.807) is 11.3 Å². The zero-order valence-electron chi connectivity index (χ0n) is 14.9. The highest BCUT2D eigenvalue weighted by atomic mass is 35.5. The van der Waals surface area contributed by atoms with Crippen molar-refractivity contribution in [2.24, 2.45) is 17.6 Å². The summed E-state index contributed by atoms with van der Waals surface area (Å²) < 4.78 is 0. The van der Waals surface area contributed by atoms with Crippen LogP contribution in [-0.2, 0) is 4.79 Å². The Morgan fingerprint density at radius 3 is 2.60 bits per heavy atom. The quantitative estimate of drug-likeness (QED) is 0.783. The van der Waals surface area contributed by atoms with Crippen molar-refractivity contribution in [3.63, 3.8) is 0 Å². The molecule has 1 aromatic heterocycles. The van der Waals surface area contributed by atoms with Gasteiger partial charge < -0.3 is 11.1 Å². The van der Waals surface area contributed by atoms with Gasteiger partial charge in [0.15, 0.2) is 0 Å². The van der Waals surface area contributed by atoms with Crippen LogP contribution in [0.25, 0.3) is 0 Å². The Morgan fingerprint density at radius 1 is 1.32 bits per heavy atom. The van der Waals surface area contributed by atoms with E-state index in [1.165, 1.54) is 17.7 Å². The van der Waals surface area contributed by atoms with Crippen LogP contribution in [0.5, 0.6) is 0 Å². The Bertz CT molecular complexity index is 506. The number of carbonyl (C=O) groups excluding carboxylic acids is 1. The molecule has 144 valence electrons. The van der Waals surface area contributed by atoms with Crippen molar-refractivity contribution in [1.82, 2.24) is 10.2 Å². The molecule has 1 aliphatic heterocycles. The van der Waals surface area contributed by atoms with Crippen LogP contribution in [-0.4, -0.2) is 36.5 Å². The molecule has 25 heavy (non-hydrogen) atoms. The molecule has 0 spiro atoms. The molecule has 3 rings (SSSR count). The number of nitrogens with one attached hydrogen (secondary N) is 1. The number of nitrogens with zero attached hydrogens (tertiary/aromatic N) is 1. The molecule has 3 unspecified atom stereocenters. The van der Waals surface area contributed by atoms with Gasteiger partial charge in [0.1, 0.15) is 0 Å². The highest BCUT2D eigenvalue weighted by molar-refractivity contribution is 7.10. The van der Waals surface area contributed by atoms with Crippen LogP contribution in [0.2, 0.25) is 0 Å². The number of thiophene rings is 1. The number of hydrogen-bond acceptors (Lipinski definition) is 4. The van der Waals surface area contributed by atoms with E-state index in [2.05, 4.69) is 34.7 Å². The first-order valence-corrected chi connectivity index (χ1v) is 9.82. The normalized spacial score (nSPS) is 25.7. The van der Waals surface area contributed by atoms with E-state index >= 15 is 0 Å². The lowest BCUT2D eigenvalue weighted by Crippen LogP contribution is -2.42. The first-order chi connectivity index (χ1) is 11.1. The van der Waals surface area contributed by atoms with Gasteiger partial charge in [-0.05, 0) is 62.6 Å². The van der Waals surface area contributed by atoms with Gasteiger partial charge in [-0.3, -0.25) is 9.69 Å². The van der Waals surface area contributed by atoms with Crippen LogP contribution < -0.4 is 11.1 Å². The maximum absolute atomic E-state index is 12.4. The summed E-state index contributed by atoms with van der Waals surface area (Å²) in [5.41, 5.74) is 5.94. The molecule has 3 N–H and O–H groups in total. The van der Waals surface area contributed by atoms with Crippen molar-refractivity contribution < 1.29 is 4.79 Å². The van der Waals surface area contributed by atoms with E-state index in [-0.39, 0.29) is 42.7 Å². The summed E-state index contributed by atoms with van der Waals surface area (Å²) in [4.78, 5) is 16.3. The minimum atomic E-state index is 0. The first-order valence-electron chi connectivity index (χ1n) is 8.94. The summed E-state index contributed by atoms with van der Waals surface area (Å²) in [6.45, 7) is 5.32. The van der Waals surface area contributed by atoms with Crippen molar-refractivity contribution in [3.05, 3.63) is 22.4 Å². The van der Waals surface area contributed by atoms with Gasteiger partial charge in [-0.25, -0.2) is 0 Å². The molecule has 2 fully saturated rings. The Balaban J connectivity index is 0.00000156. The zero-order valence-corrected chi connectivity index (χ0v) is 17.3. The topological polar surface area (TPSA) is 58.4 Å². The standard InChI is InChI=1S/C18H29N3OS.2ClH/c1-13-6-8-21(9-7-13)16(17-3-2-10-23-17)12-20-18(22)14-4-5-15(19)11-14;;/h2-3,10,13-16H,4-9,11-12,19H2,1H3,(H,20,22);2*1H. The first kappa shape index (κ1) is 22.7. The summed E-state index contributed by atoms with van der Waals surface area (Å²) in [7, 11) is 0. The van der Waals surface area contributed by atoms with E-state index in [9.17, 15) is 4.79 Å². The van der Waals surface area contributed by atoms with E-state index < -0.39 is 0 Å². The fourth-order valence-corrected chi connectivity index (χ4v) is 4.69. The van der Waals surface area contributed by atoms with Gasteiger partial charge in [0.2, 0.25) is 5.91 Å². The molecule has 1 aromatic rings. The summed E-state index contributed by atoms with van der Waals surface area (Å²) in [6.07, 6.45) is 5.28. The Morgan fingerprint density at radius 2 is 2.04 bits per heavy atom. The Kier molecular flexibility index (Phi) is 9.75. The summed E-state index contributed by atoms with van der Waals surface area (Å²) in [5, 5.41) is 5.34. The van der Waals surface area contributed by atoms with Crippen LogP contribution in [0.4, 0.5) is 0 Å². The number of halogens is 2. The molecule has 3 atom stereocenters. The smallest absolute Gasteiger partial charge is 0.223 e. The van der Waals surface area contributed by atoms with Crippen molar-refractivity contribution in [2.45, 2.75) is 51.1 Å². The number of likely N-dealkylation sites (tertiary alicyclic amines) is 1. The molecule has 1 saturated carbocycles. The van der Waals surface area contributed by atoms with Crippen LogP contribution in [0.1, 0.15) is 49.9 Å². The predicted molar refractivity (Wildman–Crippen MR) is 110 cm³/mol. The van der Waals surface area contributed by atoms with Gasteiger partial charge in [0, 0.05) is 23.4 Å². The lowest BCUT2D eigenvalue weighted by Gasteiger charge is -2.36. The van der Waals surface area contributed by atoms with E-state index in [1.807, 2.05) is 0 Å². The monoisotopic (exact) mass is 407 g/mol. The SMILES string of the molecule is CC1CCN(C(CNC(=O)C2CCC(N)C2)c2cccs2)CC1.Cl.Cl. The number of nitrogens with two attached hydrogens (primary N) is 1. The number of amides is 1. The maximum Gasteiger partial charge on any atom is 0.223 e. The average Bonchev–Trinajstić information content (AvgIpc) is 3.21. The third kappa shape index (κ3) is 6.10. The number of hydrogen-bond donors (Lipinski definition) is 2. The van der Waals surface area contributed by atoms with E-state index in [0.29, 0.717) is 6.04 Å². The highest BCUT2D eigenvalue weighted by Crippen LogP contribution is 2.29. The largest absolute Gasteiger partial charge is 0.354 e. The second-order valence-corrected chi connectivity index (χ2v) is 8.24. The fourth-order valence-electron chi connectivity index (χ4n) is 3.83. The summed E-state index contributed by atoms with van der Waals surface area (Å²) >= 11 is 1.80. The fraction of sp³-hybridized carbons (Fsp3) is 0.722. The van der Waals surface area contributed by atoms with Gasteiger partial charge in [0.25, 0.3) is 0 Å². The van der Waals surface area contributed by atoms with E-state index in [0.717, 1.165) is 44.8 Å². The number of rotatable bonds is 5. The lowest BCUT2D eigenvalue weighted by molar-refractivity contribution is -0.125. The minimum Gasteiger partial charge on any atom is -0.354 e. The molecule has 7 heteroatoms. The molecule has 2 heterocycles. The zero-order chi connectivity index (χ0) is 16.2. The number of piperidine rings is 1. The molecule has 4 nitrogen and oxygen atoms in total. The van der Waals surface area contributed by atoms with Crippen molar-refractivity contribution in [2.75, 3.05) is 19.6 Å². The molecular formula is C18H31Cl2N3OS. The summed E-state index contributed by atoms with van der Waals surface area (Å²) in [5.74, 6) is 1.14. The van der Waals surface area contributed by atoms with Gasteiger partial charge in [-0.1, -0.05) is 13.0 Å². The van der Waals surface area contributed by atoms with Crippen LogP contribution in [0, 0.1) is 11.8 Å². The third-order valence-electron chi connectivity index (χ3n) is 5.44. The predicted octanol–water partition coefficient (Wildman–Crippen LogP) is 3.61. The molecular weight excluding hydrogens is 377 g/mol. The maximum atomic E-state index is 12.4. The van der Waals surface area contributed by atoms with Crippen molar-refractivity contribution in [1.29, 1.82) is 0 Å². The van der Waals surface area contributed by atoms with E-state index in [4.69, 9.17) is 5.73 Å². The van der Waals surface area contributed by atoms with Gasteiger partial charge in [-0.2, -0.15) is 0 Å². The third-order valence-corrected chi connectivity index (χ3v) is 6.42. The van der Waals surface area contributed by atoms with Crippen LogP contribution >= 0.6 is 36.2 Å². The van der Waals surface area contributed by atoms with Crippen molar-refractivity contribution in [3.8, 4) is 0 Å². The van der Waals surface area contributed by atoms with Crippen LogP contribution in [0.15, 0.2) is 17.5 Å². The molecule has 1 aliphatic carbocycles. The highest BCUT2D eigenvalue weighted by Gasteiger charge is 2.30. The average molecular weight is 408 g/mol. The molecule has 0 aromatic carbocycles. The molecule has 0 bridgehead atoms. The Labute approximate surface area is 167 Å². The number of carbonyl (C=O) groups is 1. The molecule has 0 radical (unpaired) electrons. The van der Waals surface area contributed by atoms with Crippen molar-refractivity contribution >= 4 is 42.1 Å². The molecule has 1 saturated heterocycles. The molecule has 1 amide bonds. The minimum absolute atomic E-state index is 0. The van der Waals surface area contributed by atoms with Crippen LogP contribution in [0.3, 0.4) is 0 Å². The second-order valence-electron chi connectivity index (χ2n) is 7.26.